The van der Waals surface area contributed by atoms with Crippen molar-refractivity contribution in [3.63, 3.8) is 0 Å². The average molecular weight is 516 g/mol. The molecule has 0 spiro atoms. The van der Waals surface area contributed by atoms with Crippen molar-refractivity contribution in [2.45, 2.75) is 13.0 Å². The second kappa shape index (κ2) is 9.58. The van der Waals surface area contributed by atoms with Crippen molar-refractivity contribution in [3.05, 3.63) is 59.0 Å². The first-order chi connectivity index (χ1) is 16.1. The Labute approximate surface area is 197 Å². The fraction of sp³-hybridized carbons (Fsp3) is 0.300. The van der Waals surface area contributed by atoms with Crippen molar-refractivity contribution < 1.29 is 30.8 Å². The monoisotopic (exact) mass is 515 g/mol. The van der Waals surface area contributed by atoms with Crippen LogP contribution >= 0.6 is 11.6 Å². The maximum absolute atomic E-state index is 13.7. The summed E-state index contributed by atoms with van der Waals surface area (Å²) in [6, 6.07) is 6.33. The minimum Gasteiger partial charge on any atom is -0.415 e. The fourth-order valence-electron chi connectivity index (χ4n) is 3.24. The van der Waals surface area contributed by atoms with Gasteiger partial charge >= 0.3 is 12.5 Å². The van der Waals surface area contributed by atoms with E-state index in [0.29, 0.717) is 11.3 Å². The van der Waals surface area contributed by atoms with Crippen molar-refractivity contribution >= 4 is 33.2 Å². The number of rotatable bonds is 5. The van der Waals surface area contributed by atoms with Crippen LogP contribution in [0.3, 0.4) is 0 Å². The second-order valence-electron chi connectivity index (χ2n) is 7.39. The van der Waals surface area contributed by atoms with Gasteiger partial charge in [0.05, 0.1) is 34.3 Å². The lowest BCUT2D eigenvalue weighted by Gasteiger charge is -2.33. The number of urea groups is 1. The van der Waals surface area contributed by atoms with Crippen LogP contribution in [0.4, 0.5) is 23.7 Å². The average Bonchev–Trinajstić information content (AvgIpc) is 3.30. The zero-order valence-electron chi connectivity index (χ0n) is 17.4. The molecule has 180 valence electrons. The third-order valence-electron chi connectivity index (χ3n) is 5.08. The van der Waals surface area contributed by atoms with Gasteiger partial charge in [-0.3, -0.25) is 9.88 Å². The molecule has 34 heavy (non-hydrogen) atoms. The van der Waals surface area contributed by atoms with Crippen LogP contribution in [-0.4, -0.2) is 59.1 Å². The molecule has 3 aromatic rings. The lowest BCUT2D eigenvalue weighted by molar-refractivity contribution is 0.116. The Morgan fingerprint density at radius 3 is 2.50 bits per heavy atom. The molecule has 4 rings (SSSR count). The minimum absolute atomic E-state index is 0.0165. The third-order valence-corrected chi connectivity index (χ3v) is 6.98. The number of hydrogen-bond acceptors (Lipinski definition) is 7. The van der Waals surface area contributed by atoms with E-state index in [9.17, 15) is 26.4 Å². The number of hydrogen-bond donors (Lipinski definition) is 0. The molecule has 1 fully saturated rings. The van der Waals surface area contributed by atoms with E-state index < -0.39 is 34.0 Å². The number of halogens is 4. The number of carbonyl (C=O) groups is 1. The number of carbonyl (C=O) groups excluding carboxylic acids is 1. The predicted octanol–water partition coefficient (Wildman–Crippen LogP) is 3.72. The molecule has 1 aliphatic rings. The molecule has 0 unspecified atom stereocenters. The van der Waals surface area contributed by atoms with Crippen molar-refractivity contribution in [2.75, 3.05) is 29.5 Å². The number of amides is 2. The Kier molecular flexibility index (Phi) is 6.75. The van der Waals surface area contributed by atoms with Crippen molar-refractivity contribution in [2.24, 2.45) is 0 Å². The van der Waals surface area contributed by atoms with E-state index in [1.165, 1.54) is 40.3 Å². The van der Waals surface area contributed by atoms with E-state index >= 15 is 0 Å². The van der Waals surface area contributed by atoms with E-state index in [-0.39, 0.29) is 47.7 Å². The number of nitrogens with zero attached hydrogens (tertiary/aromatic N) is 5. The summed E-state index contributed by atoms with van der Waals surface area (Å²) >= 11 is 5.90. The molecular formula is C20H17ClF3N5O4S. The van der Waals surface area contributed by atoms with Crippen LogP contribution in [0, 0.1) is 5.82 Å². The molecule has 0 saturated carbocycles. The Balaban J connectivity index is 1.58. The maximum atomic E-state index is 13.7. The zero-order chi connectivity index (χ0) is 24.5. The number of anilines is 1. The van der Waals surface area contributed by atoms with E-state index in [1.807, 2.05) is 0 Å². The lowest BCUT2D eigenvalue weighted by Crippen LogP contribution is -2.49. The molecule has 0 bridgehead atoms. The molecule has 2 amide bonds. The summed E-state index contributed by atoms with van der Waals surface area (Å²) in [7, 11) is -3.21. The highest BCUT2D eigenvalue weighted by Crippen LogP contribution is 2.27. The predicted molar refractivity (Wildman–Crippen MR) is 116 cm³/mol. The molecule has 0 radical (unpaired) electrons. The van der Waals surface area contributed by atoms with Gasteiger partial charge in [-0.25, -0.2) is 17.6 Å². The topological polar surface area (TPSA) is 110 Å². The molecule has 9 nitrogen and oxygen atoms in total. The lowest BCUT2D eigenvalue weighted by atomic mass is 10.2. The molecule has 0 aliphatic carbocycles. The molecule has 2 aromatic heterocycles. The van der Waals surface area contributed by atoms with Gasteiger partial charge in [-0.05, 0) is 30.3 Å². The molecule has 1 aliphatic heterocycles. The summed E-state index contributed by atoms with van der Waals surface area (Å²) in [6.07, 6.45) is -1.58. The van der Waals surface area contributed by atoms with Gasteiger partial charge in [0, 0.05) is 25.0 Å². The van der Waals surface area contributed by atoms with Gasteiger partial charge in [-0.2, -0.15) is 8.78 Å². The van der Waals surface area contributed by atoms with Crippen LogP contribution in [0.25, 0.3) is 11.5 Å². The van der Waals surface area contributed by atoms with Crippen LogP contribution in [0.5, 0.6) is 0 Å². The first-order valence-corrected chi connectivity index (χ1v) is 12.1. The first kappa shape index (κ1) is 24.0. The van der Waals surface area contributed by atoms with Gasteiger partial charge in [0.25, 0.3) is 5.89 Å². The van der Waals surface area contributed by atoms with Gasteiger partial charge in [0.1, 0.15) is 5.82 Å². The summed E-state index contributed by atoms with van der Waals surface area (Å²) in [5, 5.41) is 6.63. The van der Waals surface area contributed by atoms with Gasteiger partial charge in [0.2, 0.25) is 5.89 Å². The van der Waals surface area contributed by atoms with Crippen molar-refractivity contribution in [1.82, 2.24) is 20.1 Å². The Hall–Kier alpha value is -3.19. The van der Waals surface area contributed by atoms with E-state index in [4.69, 9.17) is 16.0 Å². The minimum atomic E-state index is -3.21. The quantitative estimate of drug-likeness (QED) is 0.509. The zero-order valence-corrected chi connectivity index (χ0v) is 18.9. The summed E-state index contributed by atoms with van der Waals surface area (Å²) in [4.78, 5) is 20.2. The van der Waals surface area contributed by atoms with Gasteiger partial charge in [-0.15, -0.1) is 10.2 Å². The summed E-state index contributed by atoms with van der Waals surface area (Å²) in [5.41, 5.74) is 0.983. The van der Waals surface area contributed by atoms with E-state index in [1.54, 1.807) is 0 Å². The smallest absolute Gasteiger partial charge is 0.324 e. The van der Waals surface area contributed by atoms with Crippen LogP contribution in [-0.2, 0) is 16.4 Å². The van der Waals surface area contributed by atoms with Crippen LogP contribution < -0.4 is 4.90 Å². The fourth-order valence-corrected chi connectivity index (χ4v) is 4.62. The highest BCUT2D eigenvalue weighted by molar-refractivity contribution is 7.91. The maximum Gasteiger partial charge on any atom is 0.324 e. The normalized spacial score (nSPS) is 15.5. The number of alkyl halides is 2. The SMILES string of the molecule is O=C(N1CCS(=O)(=O)CC1)N(Cc1ccc(-c2nnc(C(F)F)o2)cn1)c1ccc(F)c(Cl)c1. The highest BCUT2D eigenvalue weighted by Gasteiger charge is 2.29. The number of benzene rings is 1. The summed E-state index contributed by atoms with van der Waals surface area (Å²) in [6.45, 7) is -0.0262. The van der Waals surface area contributed by atoms with Gasteiger partial charge < -0.3 is 9.32 Å². The molecule has 0 atom stereocenters. The molecule has 3 heterocycles. The third kappa shape index (κ3) is 5.30. The number of aromatic nitrogens is 3. The Morgan fingerprint density at radius 2 is 1.91 bits per heavy atom. The molecule has 1 aromatic carbocycles. The molecule has 0 N–H and O–H groups in total. The molecule has 1 saturated heterocycles. The van der Waals surface area contributed by atoms with Crippen LogP contribution in [0.15, 0.2) is 40.9 Å². The summed E-state index contributed by atoms with van der Waals surface area (Å²) < 4.78 is 67.4. The standard InChI is InChI=1S/C20H17ClF3N5O4S/c21-15-9-14(3-4-16(15)22)29(20(30)28-5-7-34(31,32)8-6-28)11-13-2-1-12(10-25-13)18-26-27-19(33-18)17(23)24/h1-4,9-10,17H,5-8,11H2. The van der Waals surface area contributed by atoms with E-state index in [2.05, 4.69) is 15.2 Å². The number of sulfone groups is 1. The number of pyridine rings is 1. The Bertz CT molecular complexity index is 1290. The largest absolute Gasteiger partial charge is 0.415 e. The highest BCUT2D eigenvalue weighted by atomic mass is 35.5. The van der Waals surface area contributed by atoms with Crippen molar-refractivity contribution in [3.8, 4) is 11.5 Å². The first-order valence-electron chi connectivity index (χ1n) is 9.92. The van der Waals surface area contributed by atoms with Gasteiger partial charge in [0.15, 0.2) is 9.84 Å². The molecule has 14 heteroatoms. The van der Waals surface area contributed by atoms with Crippen LogP contribution in [0.1, 0.15) is 18.0 Å². The Morgan fingerprint density at radius 1 is 1.18 bits per heavy atom. The van der Waals surface area contributed by atoms with Gasteiger partial charge in [-0.1, -0.05) is 11.6 Å². The molecular weight excluding hydrogens is 499 g/mol. The summed E-state index contributed by atoms with van der Waals surface area (Å²) in [5.74, 6) is -1.93. The van der Waals surface area contributed by atoms with E-state index in [0.717, 1.165) is 6.07 Å². The second-order valence-corrected chi connectivity index (χ2v) is 10.1. The van der Waals surface area contributed by atoms with Crippen molar-refractivity contribution in [1.29, 1.82) is 0 Å². The van der Waals surface area contributed by atoms with Crippen LogP contribution in [0.2, 0.25) is 5.02 Å².